The average Bonchev–Trinajstić information content (AvgIpc) is 2.96. The first-order valence-electron chi connectivity index (χ1n) is 7.47. The Morgan fingerprint density at radius 2 is 2.05 bits per heavy atom. The summed E-state index contributed by atoms with van der Waals surface area (Å²) in [5.41, 5.74) is -0.404. The van der Waals surface area contributed by atoms with Gasteiger partial charge >= 0.3 is 0 Å². The van der Waals surface area contributed by atoms with Crippen LogP contribution < -0.4 is 0 Å². The van der Waals surface area contributed by atoms with Gasteiger partial charge in [0.25, 0.3) is 0 Å². The monoisotopic (exact) mass is 269 g/mol. The molecule has 0 aromatic carbocycles. The van der Waals surface area contributed by atoms with Crippen LogP contribution in [0.1, 0.15) is 52.4 Å². The molecule has 19 heavy (non-hydrogen) atoms. The lowest BCUT2D eigenvalue weighted by Gasteiger charge is -2.33. The molecule has 2 rings (SSSR count). The highest BCUT2D eigenvalue weighted by Crippen LogP contribution is 2.36. The first-order chi connectivity index (χ1) is 8.94. The minimum atomic E-state index is -0.404. The Morgan fingerprint density at radius 3 is 2.63 bits per heavy atom. The van der Waals surface area contributed by atoms with Gasteiger partial charge in [-0.3, -0.25) is 4.79 Å². The molecule has 0 spiro atoms. The van der Waals surface area contributed by atoms with Gasteiger partial charge in [-0.25, -0.2) is 0 Å². The van der Waals surface area contributed by atoms with E-state index >= 15 is 0 Å². The zero-order valence-corrected chi connectivity index (χ0v) is 12.4. The molecule has 3 unspecified atom stereocenters. The molecule has 0 aromatic heterocycles. The van der Waals surface area contributed by atoms with Gasteiger partial charge in [0.15, 0.2) is 0 Å². The predicted octanol–water partition coefficient (Wildman–Crippen LogP) is 1.95. The summed E-state index contributed by atoms with van der Waals surface area (Å²) in [6.45, 7) is 4.73. The Labute approximate surface area is 116 Å². The Kier molecular flexibility index (Phi) is 4.51. The van der Waals surface area contributed by atoms with Crippen molar-refractivity contribution in [3.05, 3.63) is 0 Å². The first-order valence-corrected chi connectivity index (χ1v) is 7.47. The molecule has 0 bridgehead atoms. The van der Waals surface area contributed by atoms with Gasteiger partial charge < -0.3 is 14.7 Å². The van der Waals surface area contributed by atoms with Gasteiger partial charge in [-0.15, -0.1) is 0 Å². The minimum Gasteiger partial charge on any atom is -0.393 e. The van der Waals surface area contributed by atoms with E-state index in [-0.39, 0.29) is 24.0 Å². The molecule has 1 heterocycles. The molecule has 1 N–H and O–H groups in total. The third-order valence-electron chi connectivity index (χ3n) is 4.77. The number of aliphatic hydroxyl groups is 1. The Morgan fingerprint density at radius 1 is 1.32 bits per heavy atom. The van der Waals surface area contributed by atoms with Crippen molar-refractivity contribution in [1.29, 1.82) is 0 Å². The van der Waals surface area contributed by atoms with E-state index in [1.54, 1.807) is 7.11 Å². The lowest BCUT2D eigenvalue weighted by Crippen LogP contribution is -2.44. The summed E-state index contributed by atoms with van der Waals surface area (Å²) in [6.07, 6.45) is 5.36. The van der Waals surface area contributed by atoms with Crippen molar-refractivity contribution in [2.24, 2.45) is 5.92 Å². The maximum Gasteiger partial charge on any atom is 0.225 e. The summed E-state index contributed by atoms with van der Waals surface area (Å²) in [6, 6.07) is 0.248. The summed E-state index contributed by atoms with van der Waals surface area (Å²) in [5.74, 6) is 0.463. The molecule has 4 nitrogen and oxygen atoms in total. The van der Waals surface area contributed by atoms with E-state index in [0.29, 0.717) is 6.42 Å². The fourth-order valence-corrected chi connectivity index (χ4v) is 3.50. The molecule has 2 fully saturated rings. The van der Waals surface area contributed by atoms with Gasteiger partial charge in [-0.1, -0.05) is 6.42 Å². The highest BCUT2D eigenvalue weighted by atomic mass is 16.5. The molecular formula is C15H27NO3. The molecule has 1 amide bonds. The average molecular weight is 269 g/mol. The fourth-order valence-electron chi connectivity index (χ4n) is 3.50. The number of carbonyl (C=O) groups is 1. The van der Waals surface area contributed by atoms with E-state index in [2.05, 4.69) is 0 Å². The van der Waals surface area contributed by atoms with Crippen molar-refractivity contribution >= 4 is 5.91 Å². The summed E-state index contributed by atoms with van der Waals surface area (Å²) in [5, 5.41) is 10.1. The van der Waals surface area contributed by atoms with E-state index in [0.717, 1.165) is 38.6 Å². The van der Waals surface area contributed by atoms with Gasteiger partial charge in [-0.2, -0.15) is 0 Å². The van der Waals surface area contributed by atoms with Gasteiger partial charge in [0.2, 0.25) is 5.91 Å². The number of aliphatic hydroxyl groups excluding tert-OH is 1. The van der Waals surface area contributed by atoms with E-state index in [4.69, 9.17) is 4.74 Å². The second-order valence-corrected chi connectivity index (χ2v) is 6.60. The number of amides is 1. The van der Waals surface area contributed by atoms with Crippen LogP contribution in [0.2, 0.25) is 0 Å². The van der Waals surface area contributed by atoms with Crippen molar-refractivity contribution in [3.63, 3.8) is 0 Å². The molecule has 1 aliphatic carbocycles. The number of methoxy groups -OCH3 is 1. The molecule has 3 atom stereocenters. The van der Waals surface area contributed by atoms with Crippen LogP contribution in [0.5, 0.6) is 0 Å². The molecule has 0 aromatic rings. The van der Waals surface area contributed by atoms with Gasteiger partial charge in [0.05, 0.1) is 18.1 Å². The molecule has 0 radical (unpaired) electrons. The summed E-state index contributed by atoms with van der Waals surface area (Å²) in [7, 11) is 1.65. The molecule has 4 heteroatoms. The first kappa shape index (κ1) is 14.8. The summed E-state index contributed by atoms with van der Waals surface area (Å²) < 4.78 is 5.35. The zero-order chi connectivity index (χ0) is 14.0. The van der Waals surface area contributed by atoms with Crippen molar-refractivity contribution in [2.75, 3.05) is 13.7 Å². The highest BCUT2D eigenvalue weighted by Gasteiger charge is 2.40. The van der Waals surface area contributed by atoms with E-state index < -0.39 is 5.60 Å². The third kappa shape index (κ3) is 3.29. The van der Waals surface area contributed by atoms with Crippen molar-refractivity contribution in [1.82, 2.24) is 4.90 Å². The number of hydrogen-bond donors (Lipinski definition) is 1. The Bertz CT molecular complexity index is 329. The van der Waals surface area contributed by atoms with E-state index in [9.17, 15) is 9.90 Å². The Balaban J connectivity index is 2.00. The molecule has 1 saturated heterocycles. The van der Waals surface area contributed by atoms with Crippen LogP contribution in [0.25, 0.3) is 0 Å². The quantitative estimate of drug-likeness (QED) is 0.848. The lowest BCUT2D eigenvalue weighted by atomic mass is 9.93. The van der Waals surface area contributed by atoms with E-state index in [1.807, 2.05) is 18.7 Å². The second-order valence-electron chi connectivity index (χ2n) is 6.60. The van der Waals surface area contributed by atoms with Crippen LogP contribution in [0.15, 0.2) is 0 Å². The predicted molar refractivity (Wildman–Crippen MR) is 73.8 cm³/mol. The van der Waals surface area contributed by atoms with Crippen molar-refractivity contribution in [3.8, 4) is 0 Å². The standard InChI is InChI=1S/C15H27NO3/c1-15(2,19-3)10-14(18)16-9-5-7-12(16)11-6-4-8-13(11)17/h11-13,17H,4-10H2,1-3H3. The van der Waals surface area contributed by atoms with Gasteiger partial charge in [-0.05, 0) is 39.5 Å². The smallest absolute Gasteiger partial charge is 0.225 e. The maximum atomic E-state index is 12.5. The van der Waals surface area contributed by atoms with E-state index in [1.165, 1.54) is 0 Å². The molecule has 110 valence electrons. The number of hydrogen-bond acceptors (Lipinski definition) is 3. The van der Waals surface area contributed by atoms with Crippen molar-refractivity contribution < 1.29 is 14.6 Å². The van der Waals surface area contributed by atoms with Crippen LogP contribution in [0.3, 0.4) is 0 Å². The van der Waals surface area contributed by atoms with Gasteiger partial charge in [0.1, 0.15) is 0 Å². The second kappa shape index (κ2) is 5.80. The number of carbonyl (C=O) groups excluding carboxylic acids is 1. The normalized spacial score (nSPS) is 32.0. The third-order valence-corrected chi connectivity index (χ3v) is 4.77. The van der Waals surface area contributed by atoms with Crippen LogP contribution in [-0.4, -0.2) is 47.3 Å². The van der Waals surface area contributed by atoms with Crippen LogP contribution >= 0.6 is 0 Å². The number of nitrogens with zero attached hydrogens (tertiary/aromatic N) is 1. The minimum absolute atomic E-state index is 0.174. The van der Waals surface area contributed by atoms with Crippen LogP contribution in [-0.2, 0) is 9.53 Å². The van der Waals surface area contributed by atoms with Crippen molar-refractivity contribution in [2.45, 2.75) is 70.1 Å². The number of ether oxygens (including phenoxy) is 1. The molecular weight excluding hydrogens is 242 g/mol. The Hall–Kier alpha value is -0.610. The topological polar surface area (TPSA) is 49.8 Å². The van der Waals surface area contributed by atoms with Crippen LogP contribution in [0.4, 0.5) is 0 Å². The SMILES string of the molecule is COC(C)(C)CC(=O)N1CCCC1C1CCCC1O. The maximum absolute atomic E-state index is 12.5. The molecule has 1 aliphatic heterocycles. The zero-order valence-electron chi connectivity index (χ0n) is 12.4. The number of rotatable bonds is 4. The lowest BCUT2D eigenvalue weighted by molar-refractivity contribution is -0.138. The fraction of sp³-hybridized carbons (Fsp3) is 0.933. The summed E-state index contributed by atoms with van der Waals surface area (Å²) in [4.78, 5) is 14.5. The van der Waals surface area contributed by atoms with Gasteiger partial charge in [0, 0.05) is 25.6 Å². The highest BCUT2D eigenvalue weighted by molar-refractivity contribution is 5.77. The largest absolute Gasteiger partial charge is 0.393 e. The number of likely N-dealkylation sites (tertiary alicyclic amines) is 1. The summed E-state index contributed by atoms with van der Waals surface area (Å²) >= 11 is 0. The van der Waals surface area contributed by atoms with Crippen LogP contribution in [0, 0.1) is 5.92 Å². The molecule has 1 saturated carbocycles. The molecule has 2 aliphatic rings.